The van der Waals surface area contributed by atoms with Crippen molar-refractivity contribution in [2.24, 2.45) is 0 Å². The fourth-order valence-electron chi connectivity index (χ4n) is 1.90. The molecular weight excluding hydrogens is 230 g/mol. The predicted octanol–water partition coefficient (Wildman–Crippen LogP) is 0.247. The van der Waals surface area contributed by atoms with Gasteiger partial charge in [0.1, 0.15) is 0 Å². The van der Waals surface area contributed by atoms with Gasteiger partial charge in [0.05, 0.1) is 18.0 Å². The number of hydrogen-bond donors (Lipinski definition) is 2. The summed E-state index contributed by atoms with van der Waals surface area (Å²) in [6.07, 6.45) is 4.42. The minimum absolute atomic E-state index is 0.0560. The Balaban J connectivity index is 2.37. The highest BCUT2D eigenvalue weighted by atomic mass is 32.2. The molecule has 96 valence electrons. The highest BCUT2D eigenvalue weighted by molar-refractivity contribution is 7.89. The summed E-state index contributed by atoms with van der Waals surface area (Å²) in [7, 11) is -1.85. The summed E-state index contributed by atoms with van der Waals surface area (Å²) in [5.41, 5.74) is -0.849. The normalized spacial score (nSPS) is 20.9. The molecule has 0 heterocycles. The highest BCUT2D eigenvalue weighted by Gasteiger charge is 2.30. The maximum atomic E-state index is 11.5. The van der Waals surface area contributed by atoms with Gasteiger partial charge < -0.3 is 9.84 Å². The number of methoxy groups -OCH3 is 1. The Morgan fingerprint density at radius 2 is 1.94 bits per heavy atom. The SMILES string of the molecule is COCCS(=O)(=O)NCC1(O)CCCCC1. The number of rotatable bonds is 6. The predicted molar refractivity (Wildman–Crippen MR) is 61.7 cm³/mol. The topological polar surface area (TPSA) is 75.6 Å². The lowest BCUT2D eigenvalue weighted by atomic mass is 9.85. The highest BCUT2D eigenvalue weighted by Crippen LogP contribution is 2.27. The Hall–Kier alpha value is -0.170. The van der Waals surface area contributed by atoms with Gasteiger partial charge in [-0.3, -0.25) is 0 Å². The van der Waals surface area contributed by atoms with Crippen molar-refractivity contribution in [2.75, 3.05) is 26.0 Å². The number of hydrogen-bond acceptors (Lipinski definition) is 4. The summed E-state index contributed by atoms with van der Waals surface area (Å²) in [5.74, 6) is -0.0560. The lowest BCUT2D eigenvalue weighted by molar-refractivity contribution is 0.00943. The molecule has 0 bridgehead atoms. The quantitative estimate of drug-likeness (QED) is 0.709. The van der Waals surface area contributed by atoms with Gasteiger partial charge in [0, 0.05) is 13.7 Å². The van der Waals surface area contributed by atoms with Crippen molar-refractivity contribution in [1.82, 2.24) is 4.72 Å². The molecule has 1 saturated carbocycles. The summed E-state index contributed by atoms with van der Waals surface area (Å²) in [6.45, 7) is 0.298. The van der Waals surface area contributed by atoms with Crippen LogP contribution in [0.15, 0.2) is 0 Å². The lowest BCUT2D eigenvalue weighted by Crippen LogP contribution is -2.45. The molecule has 5 nitrogen and oxygen atoms in total. The van der Waals surface area contributed by atoms with Crippen LogP contribution in [0.5, 0.6) is 0 Å². The molecule has 0 aromatic rings. The molecule has 0 atom stereocenters. The van der Waals surface area contributed by atoms with E-state index in [4.69, 9.17) is 4.74 Å². The van der Waals surface area contributed by atoms with E-state index >= 15 is 0 Å². The first-order valence-electron chi connectivity index (χ1n) is 5.66. The fraction of sp³-hybridized carbons (Fsp3) is 1.00. The molecule has 2 N–H and O–H groups in total. The van der Waals surface area contributed by atoms with E-state index in [0.29, 0.717) is 12.8 Å². The molecule has 0 aromatic heterocycles. The second-order valence-electron chi connectivity index (χ2n) is 4.42. The third kappa shape index (κ3) is 4.78. The van der Waals surface area contributed by atoms with Crippen LogP contribution in [0.1, 0.15) is 32.1 Å². The molecule has 0 aliphatic heterocycles. The number of nitrogens with one attached hydrogen (secondary N) is 1. The van der Waals surface area contributed by atoms with Crippen LogP contribution in [0.4, 0.5) is 0 Å². The van der Waals surface area contributed by atoms with Gasteiger partial charge in [-0.15, -0.1) is 0 Å². The molecule has 6 heteroatoms. The second-order valence-corrected chi connectivity index (χ2v) is 6.34. The Morgan fingerprint density at radius 1 is 1.31 bits per heavy atom. The van der Waals surface area contributed by atoms with Crippen molar-refractivity contribution >= 4 is 10.0 Å². The van der Waals surface area contributed by atoms with Crippen LogP contribution in [-0.4, -0.2) is 45.1 Å². The van der Waals surface area contributed by atoms with Crippen LogP contribution in [0.3, 0.4) is 0 Å². The van der Waals surface area contributed by atoms with Crippen LogP contribution in [-0.2, 0) is 14.8 Å². The monoisotopic (exact) mass is 251 g/mol. The zero-order valence-electron chi connectivity index (χ0n) is 9.74. The molecule has 1 rings (SSSR count). The van der Waals surface area contributed by atoms with E-state index in [-0.39, 0.29) is 18.9 Å². The Labute approximate surface area is 97.2 Å². The number of ether oxygens (including phenoxy) is 1. The van der Waals surface area contributed by atoms with Gasteiger partial charge in [-0.2, -0.15) is 0 Å². The summed E-state index contributed by atoms with van der Waals surface area (Å²) in [5, 5.41) is 10.1. The first-order valence-corrected chi connectivity index (χ1v) is 7.31. The Kier molecular flexibility index (Phi) is 5.17. The van der Waals surface area contributed by atoms with Gasteiger partial charge in [0.2, 0.25) is 10.0 Å². The molecule has 0 amide bonds. The molecule has 1 fully saturated rings. The minimum Gasteiger partial charge on any atom is -0.389 e. The van der Waals surface area contributed by atoms with Crippen molar-refractivity contribution in [2.45, 2.75) is 37.7 Å². The van der Waals surface area contributed by atoms with Gasteiger partial charge in [0.15, 0.2) is 0 Å². The standard InChI is InChI=1S/C10H21NO4S/c1-15-7-8-16(13,14)11-9-10(12)5-3-2-4-6-10/h11-12H,2-9H2,1H3. The molecular formula is C10H21NO4S. The minimum atomic E-state index is -3.32. The Bertz CT molecular complexity index is 296. The summed E-state index contributed by atoms with van der Waals surface area (Å²) >= 11 is 0. The van der Waals surface area contributed by atoms with E-state index in [1.807, 2.05) is 0 Å². The summed E-state index contributed by atoms with van der Waals surface area (Å²) in [6, 6.07) is 0. The lowest BCUT2D eigenvalue weighted by Gasteiger charge is -2.32. The van der Waals surface area contributed by atoms with E-state index in [2.05, 4.69) is 4.72 Å². The average Bonchev–Trinajstić information content (AvgIpc) is 2.25. The maximum Gasteiger partial charge on any atom is 0.213 e. The first kappa shape index (κ1) is 13.9. The van der Waals surface area contributed by atoms with E-state index in [9.17, 15) is 13.5 Å². The molecule has 1 aliphatic rings. The van der Waals surface area contributed by atoms with E-state index in [1.165, 1.54) is 7.11 Å². The second kappa shape index (κ2) is 5.95. The molecule has 0 unspecified atom stereocenters. The van der Waals surface area contributed by atoms with Crippen LogP contribution < -0.4 is 4.72 Å². The van der Waals surface area contributed by atoms with E-state index < -0.39 is 15.6 Å². The van der Waals surface area contributed by atoms with Crippen LogP contribution >= 0.6 is 0 Å². The third-order valence-corrected chi connectivity index (χ3v) is 4.25. The van der Waals surface area contributed by atoms with Gasteiger partial charge >= 0.3 is 0 Å². The van der Waals surface area contributed by atoms with Crippen LogP contribution in [0.2, 0.25) is 0 Å². The maximum absolute atomic E-state index is 11.5. The van der Waals surface area contributed by atoms with Gasteiger partial charge in [0.25, 0.3) is 0 Å². The summed E-state index contributed by atoms with van der Waals surface area (Å²) in [4.78, 5) is 0. The zero-order valence-corrected chi connectivity index (χ0v) is 10.6. The van der Waals surface area contributed by atoms with Crippen LogP contribution in [0.25, 0.3) is 0 Å². The molecule has 0 aromatic carbocycles. The van der Waals surface area contributed by atoms with E-state index in [1.54, 1.807) is 0 Å². The van der Waals surface area contributed by atoms with E-state index in [0.717, 1.165) is 19.3 Å². The van der Waals surface area contributed by atoms with Gasteiger partial charge in [-0.05, 0) is 12.8 Å². The van der Waals surface area contributed by atoms with Crippen molar-refractivity contribution in [3.63, 3.8) is 0 Å². The Morgan fingerprint density at radius 3 is 2.50 bits per heavy atom. The molecule has 0 radical (unpaired) electrons. The smallest absolute Gasteiger partial charge is 0.213 e. The largest absolute Gasteiger partial charge is 0.389 e. The zero-order chi connectivity index (χ0) is 12.1. The van der Waals surface area contributed by atoms with Gasteiger partial charge in [-0.25, -0.2) is 13.1 Å². The third-order valence-electron chi connectivity index (χ3n) is 2.96. The number of aliphatic hydroxyl groups is 1. The van der Waals surface area contributed by atoms with Crippen LogP contribution in [0, 0.1) is 0 Å². The molecule has 16 heavy (non-hydrogen) atoms. The fourth-order valence-corrected chi connectivity index (χ4v) is 2.92. The van der Waals surface area contributed by atoms with Crippen molar-refractivity contribution in [1.29, 1.82) is 0 Å². The van der Waals surface area contributed by atoms with Crippen molar-refractivity contribution in [3.05, 3.63) is 0 Å². The molecule has 0 spiro atoms. The van der Waals surface area contributed by atoms with Crippen molar-refractivity contribution < 1.29 is 18.3 Å². The van der Waals surface area contributed by atoms with Gasteiger partial charge in [-0.1, -0.05) is 19.3 Å². The molecule has 0 saturated heterocycles. The first-order chi connectivity index (χ1) is 7.47. The summed E-state index contributed by atoms with van der Waals surface area (Å²) < 4.78 is 30.1. The average molecular weight is 251 g/mol. The van der Waals surface area contributed by atoms with Crippen molar-refractivity contribution in [3.8, 4) is 0 Å². The molecule has 1 aliphatic carbocycles. The number of sulfonamides is 1.